The van der Waals surface area contributed by atoms with Crippen LogP contribution >= 0.6 is 23.2 Å². The largest absolute Gasteiger partial charge is 0.493 e. The molecule has 0 radical (unpaired) electrons. The molecule has 0 heterocycles. The van der Waals surface area contributed by atoms with Gasteiger partial charge in [0.15, 0.2) is 11.5 Å². The predicted molar refractivity (Wildman–Crippen MR) is 100 cm³/mol. The van der Waals surface area contributed by atoms with Crippen molar-refractivity contribution < 1.29 is 9.47 Å². The molecule has 3 nitrogen and oxygen atoms in total. The van der Waals surface area contributed by atoms with E-state index in [1.165, 1.54) is 0 Å². The number of methoxy groups -OCH3 is 1. The molecule has 2 aromatic rings. The zero-order valence-corrected chi connectivity index (χ0v) is 15.9. The summed E-state index contributed by atoms with van der Waals surface area (Å²) in [5.41, 5.74) is 2.13. The van der Waals surface area contributed by atoms with Crippen LogP contribution in [-0.2, 0) is 6.54 Å². The van der Waals surface area contributed by atoms with Gasteiger partial charge in [-0.3, -0.25) is 0 Å². The molecule has 1 unspecified atom stereocenters. The zero-order chi connectivity index (χ0) is 17.7. The van der Waals surface area contributed by atoms with Crippen molar-refractivity contribution in [1.29, 1.82) is 0 Å². The summed E-state index contributed by atoms with van der Waals surface area (Å²) in [6, 6.07) is 11.6. The Balaban J connectivity index is 2.05. The summed E-state index contributed by atoms with van der Waals surface area (Å²) in [4.78, 5) is 0. The van der Waals surface area contributed by atoms with Crippen molar-refractivity contribution in [3.8, 4) is 11.5 Å². The minimum atomic E-state index is 0.104. The predicted octanol–water partition coefficient (Wildman–Crippen LogP) is 5.64. The Kier molecular flexibility index (Phi) is 6.79. The van der Waals surface area contributed by atoms with Crippen molar-refractivity contribution in [2.45, 2.75) is 39.5 Å². The van der Waals surface area contributed by atoms with E-state index in [4.69, 9.17) is 32.7 Å². The van der Waals surface area contributed by atoms with Crippen molar-refractivity contribution in [2.75, 3.05) is 7.11 Å². The Morgan fingerprint density at radius 3 is 2.38 bits per heavy atom. The molecule has 130 valence electrons. The second-order valence-electron chi connectivity index (χ2n) is 5.92. The fourth-order valence-electron chi connectivity index (χ4n) is 2.41. The van der Waals surface area contributed by atoms with Crippen molar-refractivity contribution in [1.82, 2.24) is 5.32 Å². The summed E-state index contributed by atoms with van der Waals surface area (Å²) < 4.78 is 11.2. The first-order chi connectivity index (χ1) is 11.4. The molecule has 5 heteroatoms. The summed E-state index contributed by atoms with van der Waals surface area (Å²) in [7, 11) is 1.65. The molecule has 0 aromatic heterocycles. The smallest absolute Gasteiger partial charge is 0.161 e. The first-order valence-corrected chi connectivity index (χ1v) is 8.68. The van der Waals surface area contributed by atoms with Gasteiger partial charge in [-0.2, -0.15) is 0 Å². The number of hydrogen-bond acceptors (Lipinski definition) is 3. The molecule has 0 saturated carbocycles. The van der Waals surface area contributed by atoms with Gasteiger partial charge in [0.25, 0.3) is 0 Å². The molecule has 0 saturated heterocycles. The molecule has 1 N–H and O–H groups in total. The molecule has 2 aromatic carbocycles. The molecule has 0 fully saturated rings. The Bertz CT molecular complexity index is 689. The lowest BCUT2D eigenvalue weighted by Gasteiger charge is -2.18. The summed E-state index contributed by atoms with van der Waals surface area (Å²) in [5.74, 6) is 1.49. The summed E-state index contributed by atoms with van der Waals surface area (Å²) >= 11 is 12.2. The van der Waals surface area contributed by atoms with Crippen LogP contribution < -0.4 is 14.8 Å². The number of halogens is 2. The zero-order valence-electron chi connectivity index (χ0n) is 14.4. The van der Waals surface area contributed by atoms with Gasteiger partial charge in [-0.1, -0.05) is 35.3 Å². The van der Waals surface area contributed by atoms with Gasteiger partial charge in [-0.05, 0) is 56.2 Å². The van der Waals surface area contributed by atoms with Crippen LogP contribution in [0.4, 0.5) is 0 Å². The molecular formula is C19H23Cl2NO2. The third-order valence-corrected chi connectivity index (χ3v) is 4.19. The maximum absolute atomic E-state index is 6.26. The van der Waals surface area contributed by atoms with Crippen molar-refractivity contribution in [3.63, 3.8) is 0 Å². The summed E-state index contributed by atoms with van der Waals surface area (Å²) in [5, 5.41) is 4.77. The van der Waals surface area contributed by atoms with Crippen molar-refractivity contribution in [3.05, 3.63) is 57.6 Å². The minimum absolute atomic E-state index is 0.104. The SMILES string of the molecule is COc1cc(CNC(C)c2ccc(Cl)cc2Cl)ccc1OC(C)C. The van der Waals surface area contributed by atoms with Gasteiger partial charge in [0.05, 0.1) is 13.2 Å². The molecule has 2 rings (SSSR count). The minimum Gasteiger partial charge on any atom is -0.493 e. The van der Waals surface area contributed by atoms with Crippen LogP contribution in [-0.4, -0.2) is 13.2 Å². The van der Waals surface area contributed by atoms with Crippen LogP contribution in [0.25, 0.3) is 0 Å². The Morgan fingerprint density at radius 1 is 1.00 bits per heavy atom. The second-order valence-corrected chi connectivity index (χ2v) is 6.76. The molecule has 0 amide bonds. The number of hydrogen-bond donors (Lipinski definition) is 1. The number of ether oxygens (including phenoxy) is 2. The van der Waals surface area contributed by atoms with Crippen LogP contribution in [0.15, 0.2) is 36.4 Å². The van der Waals surface area contributed by atoms with E-state index in [2.05, 4.69) is 12.2 Å². The standard InChI is InChI=1S/C19H23Cl2NO2/c1-12(2)24-18-8-5-14(9-19(18)23-4)11-22-13(3)16-7-6-15(20)10-17(16)21/h5-10,12-13,22H,11H2,1-4H3. The van der Waals surface area contributed by atoms with E-state index in [-0.39, 0.29) is 12.1 Å². The van der Waals surface area contributed by atoms with Gasteiger partial charge >= 0.3 is 0 Å². The third kappa shape index (κ3) is 5.04. The Hall–Kier alpha value is -1.42. The molecule has 0 spiro atoms. The maximum Gasteiger partial charge on any atom is 0.161 e. The van der Waals surface area contributed by atoms with Gasteiger partial charge in [0, 0.05) is 22.6 Å². The quantitative estimate of drug-likeness (QED) is 0.686. The van der Waals surface area contributed by atoms with Crippen molar-refractivity contribution >= 4 is 23.2 Å². The highest BCUT2D eigenvalue weighted by molar-refractivity contribution is 6.35. The lowest BCUT2D eigenvalue weighted by atomic mass is 10.1. The van der Waals surface area contributed by atoms with E-state index in [1.807, 2.05) is 44.2 Å². The van der Waals surface area contributed by atoms with Crippen LogP contribution in [0.1, 0.15) is 37.9 Å². The fourth-order valence-corrected chi connectivity index (χ4v) is 2.98. The van der Waals surface area contributed by atoms with Gasteiger partial charge in [-0.25, -0.2) is 0 Å². The Morgan fingerprint density at radius 2 is 1.75 bits per heavy atom. The number of nitrogens with one attached hydrogen (secondary N) is 1. The maximum atomic E-state index is 6.26. The van der Waals surface area contributed by atoms with E-state index < -0.39 is 0 Å². The van der Waals surface area contributed by atoms with Gasteiger partial charge < -0.3 is 14.8 Å². The highest BCUT2D eigenvalue weighted by atomic mass is 35.5. The average Bonchev–Trinajstić information content (AvgIpc) is 2.53. The third-order valence-electron chi connectivity index (χ3n) is 3.63. The molecule has 0 bridgehead atoms. The first-order valence-electron chi connectivity index (χ1n) is 7.92. The van der Waals surface area contributed by atoms with Gasteiger partial charge in [-0.15, -0.1) is 0 Å². The normalized spacial score (nSPS) is 12.3. The van der Waals surface area contributed by atoms with E-state index in [9.17, 15) is 0 Å². The van der Waals surface area contributed by atoms with Crippen molar-refractivity contribution in [2.24, 2.45) is 0 Å². The molecule has 0 aliphatic heterocycles. The number of rotatable bonds is 7. The average molecular weight is 368 g/mol. The number of benzene rings is 2. The Labute approximate surface area is 153 Å². The van der Waals surface area contributed by atoms with E-state index in [0.29, 0.717) is 16.6 Å². The molecular weight excluding hydrogens is 345 g/mol. The molecule has 24 heavy (non-hydrogen) atoms. The molecule has 0 aliphatic rings. The van der Waals surface area contributed by atoms with E-state index >= 15 is 0 Å². The lowest BCUT2D eigenvalue weighted by molar-refractivity contribution is 0.230. The van der Waals surface area contributed by atoms with Crippen LogP contribution in [0.5, 0.6) is 11.5 Å². The fraction of sp³-hybridized carbons (Fsp3) is 0.368. The second kappa shape index (κ2) is 8.61. The highest BCUT2D eigenvalue weighted by Gasteiger charge is 2.11. The van der Waals surface area contributed by atoms with Crippen LogP contribution in [0.3, 0.4) is 0 Å². The first kappa shape index (κ1) is 18.9. The highest BCUT2D eigenvalue weighted by Crippen LogP contribution is 2.30. The molecule has 1 atom stereocenters. The topological polar surface area (TPSA) is 30.5 Å². The van der Waals surface area contributed by atoms with Crippen LogP contribution in [0, 0.1) is 0 Å². The van der Waals surface area contributed by atoms with Crippen LogP contribution in [0.2, 0.25) is 10.0 Å². The van der Waals surface area contributed by atoms with E-state index in [0.717, 1.165) is 22.6 Å². The van der Waals surface area contributed by atoms with Gasteiger partial charge in [0.1, 0.15) is 0 Å². The lowest BCUT2D eigenvalue weighted by Crippen LogP contribution is -2.18. The van der Waals surface area contributed by atoms with E-state index in [1.54, 1.807) is 13.2 Å². The van der Waals surface area contributed by atoms with Gasteiger partial charge in [0.2, 0.25) is 0 Å². The summed E-state index contributed by atoms with van der Waals surface area (Å²) in [6.07, 6.45) is 0.106. The molecule has 0 aliphatic carbocycles. The summed E-state index contributed by atoms with van der Waals surface area (Å²) in [6.45, 7) is 6.75. The monoisotopic (exact) mass is 367 g/mol.